The summed E-state index contributed by atoms with van der Waals surface area (Å²) >= 11 is 0. The van der Waals surface area contributed by atoms with Crippen molar-refractivity contribution in [2.45, 2.75) is 186 Å². The first-order chi connectivity index (χ1) is 23.3. The molecule has 4 saturated heterocycles. The van der Waals surface area contributed by atoms with Crippen molar-refractivity contribution in [3.8, 4) is 0 Å². The lowest BCUT2D eigenvalue weighted by Gasteiger charge is -2.48. The summed E-state index contributed by atoms with van der Waals surface area (Å²) in [5.41, 5.74) is -1.53. The molecule has 4 fully saturated rings. The van der Waals surface area contributed by atoms with Crippen LogP contribution in [0.4, 0.5) is 0 Å². The predicted molar refractivity (Wildman–Crippen MR) is 187 cm³/mol. The van der Waals surface area contributed by atoms with Crippen LogP contribution >= 0.6 is 0 Å². The number of likely N-dealkylation sites (N-methyl/N-ethyl adjacent to an activating group) is 1. The number of aliphatic hydroxyl groups excluding tert-OH is 2. The van der Waals surface area contributed by atoms with Crippen molar-refractivity contribution in [3.63, 3.8) is 0 Å². The highest BCUT2D eigenvalue weighted by Gasteiger charge is 2.65. The van der Waals surface area contributed by atoms with Gasteiger partial charge < -0.3 is 48.5 Å². The highest BCUT2D eigenvalue weighted by molar-refractivity contribution is 5.89. The number of aliphatic hydroxyl groups is 3. The molecule has 12 heteroatoms. The fraction of sp³-hybridized carbons (Fsp3) is 0.921. The summed E-state index contributed by atoms with van der Waals surface area (Å²) in [6.07, 6.45) is -4.85. The molecule has 4 heterocycles. The van der Waals surface area contributed by atoms with Gasteiger partial charge in [0, 0.05) is 25.1 Å². The minimum Gasteiger partial charge on any atom is -0.459 e. The first-order valence-electron chi connectivity index (χ1n) is 18.8. The quantitative estimate of drug-likeness (QED) is 0.188. The van der Waals surface area contributed by atoms with E-state index in [2.05, 4.69) is 25.3 Å². The molecule has 0 saturated carbocycles. The van der Waals surface area contributed by atoms with Crippen molar-refractivity contribution < 1.29 is 53.3 Å². The Morgan fingerprint density at radius 1 is 0.980 bits per heavy atom. The van der Waals surface area contributed by atoms with E-state index in [1.807, 2.05) is 55.5 Å². The van der Waals surface area contributed by atoms with Gasteiger partial charge in [0.15, 0.2) is 12.6 Å². The monoisotopic (exact) mass is 713 g/mol. The number of methoxy groups -OCH3 is 1. The van der Waals surface area contributed by atoms with Crippen LogP contribution in [-0.2, 0) is 38.0 Å². The van der Waals surface area contributed by atoms with E-state index in [1.165, 1.54) is 0 Å². The molecule has 0 aromatic rings. The molecular formula is C38H67NO11. The van der Waals surface area contributed by atoms with E-state index >= 15 is 0 Å². The van der Waals surface area contributed by atoms with Gasteiger partial charge in [0.2, 0.25) is 5.79 Å². The van der Waals surface area contributed by atoms with Gasteiger partial charge in [0.1, 0.15) is 18.3 Å². The number of hydrogen-bond acceptors (Lipinski definition) is 12. The number of rotatable bonds is 8. The standard InChI is InChI=1S/C38H67NO11/c1-14-28-20(4)15-21(5)30(40)22(6)17-37(11,43)33(49-36-31(41)27(16-23(7)45-36)39(12)19(2)3)24(8)32(25(9)35(42)47-28)48-29-18-38(44-13)34(50-38)26(10)46-29/h19-24,26-34,36,40-41,43H,9,14-18H2,1-8,10-13H3/t20-,21-,22-,23?,24+,26?,27?,28-,29?,30-,31?,32+,33-,34?,36?,37-,38?/m1/s1. The van der Waals surface area contributed by atoms with Crippen molar-refractivity contribution in [1.82, 2.24) is 4.90 Å². The molecule has 290 valence electrons. The molecule has 4 aliphatic rings. The van der Waals surface area contributed by atoms with Crippen LogP contribution in [0.25, 0.3) is 0 Å². The Hall–Kier alpha value is -1.19. The molecule has 0 spiro atoms. The lowest BCUT2D eigenvalue weighted by Crippen LogP contribution is -2.60. The largest absolute Gasteiger partial charge is 0.459 e. The Morgan fingerprint density at radius 2 is 1.64 bits per heavy atom. The van der Waals surface area contributed by atoms with E-state index in [1.54, 1.807) is 14.0 Å². The van der Waals surface area contributed by atoms with Crippen LogP contribution in [0.2, 0.25) is 0 Å². The van der Waals surface area contributed by atoms with Gasteiger partial charge in [-0.1, -0.05) is 41.2 Å². The average molecular weight is 714 g/mol. The van der Waals surface area contributed by atoms with Gasteiger partial charge in [-0.25, -0.2) is 4.79 Å². The van der Waals surface area contributed by atoms with Gasteiger partial charge in [-0.15, -0.1) is 0 Å². The number of ether oxygens (including phenoxy) is 7. The number of cyclic esters (lactones) is 1. The van der Waals surface area contributed by atoms with Crippen LogP contribution in [0.3, 0.4) is 0 Å². The van der Waals surface area contributed by atoms with E-state index in [0.29, 0.717) is 19.3 Å². The molecule has 50 heavy (non-hydrogen) atoms. The second-order valence-corrected chi connectivity index (χ2v) is 16.5. The molecule has 8 unspecified atom stereocenters. The lowest BCUT2D eigenvalue weighted by atomic mass is 9.75. The van der Waals surface area contributed by atoms with Crippen LogP contribution in [0.5, 0.6) is 0 Å². The molecule has 0 radical (unpaired) electrons. The Bertz CT molecular complexity index is 1150. The summed E-state index contributed by atoms with van der Waals surface area (Å²) in [4.78, 5) is 16.1. The van der Waals surface area contributed by atoms with E-state index in [9.17, 15) is 20.1 Å². The normalized spacial score (nSPS) is 48.2. The van der Waals surface area contributed by atoms with Crippen molar-refractivity contribution in [3.05, 3.63) is 12.2 Å². The third-order valence-electron chi connectivity index (χ3n) is 11.9. The number of carbonyl (C=O) groups excluding carboxylic acids is 1. The van der Waals surface area contributed by atoms with Crippen LogP contribution in [0.1, 0.15) is 101 Å². The SMILES string of the molecule is C=C1C(=O)O[C@H](CC)[C@H](C)C[C@@H](C)[C@@H](O)[C@H](C)C[C@@](C)(O)[C@H](OC2OC(C)CC(N(C)C(C)C)C2O)[C@@H](C)[C@@H]1OC1CC2(OC)OC2C(C)O1. The Balaban J connectivity index is 1.76. The molecule has 0 aliphatic carbocycles. The summed E-state index contributed by atoms with van der Waals surface area (Å²) in [6.45, 7) is 23.5. The van der Waals surface area contributed by atoms with Gasteiger partial charge in [0.25, 0.3) is 0 Å². The number of esters is 1. The minimum absolute atomic E-state index is 0.0400. The Labute approximate surface area is 300 Å². The molecule has 4 rings (SSSR count). The molecule has 0 amide bonds. The molecule has 3 N–H and O–H groups in total. The summed E-state index contributed by atoms with van der Waals surface area (Å²) in [6, 6.07) is -0.102. The average Bonchev–Trinajstić information content (AvgIpc) is 3.79. The summed E-state index contributed by atoms with van der Waals surface area (Å²) in [5.74, 6) is -2.73. The zero-order valence-corrected chi connectivity index (χ0v) is 32.5. The zero-order valence-electron chi connectivity index (χ0n) is 32.5. The van der Waals surface area contributed by atoms with Gasteiger partial charge in [-0.2, -0.15) is 0 Å². The number of hydrogen-bond donors (Lipinski definition) is 3. The van der Waals surface area contributed by atoms with E-state index in [4.69, 9.17) is 33.2 Å². The van der Waals surface area contributed by atoms with Crippen LogP contribution in [0, 0.1) is 23.7 Å². The molecule has 0 aromatic heterocycles. The summed E-state index contributed by atoms with van der Waals surface area (Å²) < 4.78 is 43.5. The minimum atomic E-state index is -1.59. The first kappa shape index (κ1) is 41.6. The maximum Gasteiger partial charge on any atom is 0.336 e. The van der Waals surface area contributed by atoms with E-state index in [-0.39, 0.29) is 66.6 Å². The smallest absolute Gasteiger partial charge is 0.336 e. The topological polar surface area (TPSA) is 149 Å². The maximum atomic E-state index is 14.0. The lowest BCUT2D eigenvalue weighted by molar-refractivity contribution is -0.305. The third-order valence-corrected chi connectivity index (χ3v) is 11.9. The molecule has 0 aromatic carbocycles. The second-order valence-electron chi connectivity index (χ2n) is 16.5. The molecule has 0 bridgehead atoms. The van der Waals surface area contributed by atoms with Crippen LogP contribution in [-0.4, -0.2) is 125 Å². The first-order valence-corrected chi connectivity index (χ1v) is 18.8. The van der Waals surface area contributed by atoms with Crippen molar-refractivity contribution >= 4 is 5.97 Å². The zero-order chi connectivity index (χ0) is 37.5. The number of nitrogens with zero attached hydrogens (tertiary/aromatic N) is 1. The molecule has 17 atom stereocenters. The van der Waals surface area contributed by atoms with Crippen LogP contribution < -0.4 is 0 Å². The van der Waals surface area contributed by atoms with E-state index in [0.717, 1.165) is 0 Å². The van der Waals surface area contributed by atoms with E-state index < -0.39 is 66.4 Å². The maximum absolute atomic E-state index is 14.0. The number of fused-ring (bicyclic) bond motifs is 1. The van der Waals surface area contributed by atoms with Gasteiger partial charge >= 0.3 is 5.97 Å². The van der Waals surface area contributed by atoms with Gasteiger partial charge in [-0.05, 0) is 85.1 Å². The van der Waals surface area contributed by atoms with Crippen molar-refractivity contribution in [1.29, 1.82) is 0 Å². The summed E-state index contributed by atoms with van der Waals surface area (Å²) in [7, 11) is 3.55. The van der Waals surface area contributed by atoms with Crippen LogP contribution in [0.15, 0.2) is 12.2 Å². The van der Waals surface area contributed by atoms with Gasteiger partial charge in [0.05, 0.1) is 48.1 Å². The number of carbonyl (C=O) groups is 1. The Morgan fingerprint density at radius 3 is 2.24 bits per heavy atom. The van der Waals surface area contributed by atoms with Crippen molar-refractivity contribution in [2.24, 2.45) is 23.7 Å². The Kier molecular flexibility index (Phi) is 13.7. The highest BCUT2D eigenvalue weighted by atomic mass is 16.8. The highest BCUT2D eigenvalue weighted by Crippen LogP contribution is 2.49. The third kappa shape index (κ3) is 8.94. The second kappa shape index (κ2) is 16.4. The number of epoxide rings is 1. The molecule has 12 nitrogen and oxygen atoms in total. The predicted octanol–water partition coefficient (Wildman–Crippen LogP) is 4.17. The molecule has 4 aliphatic heterocycles. The fourth-order valence-electron chi connectivity index (χ4n) is 8.73. The fourth-order valence-corrected chi connectivity index (χ4v) is 8.73. The summed E-state index contributed by atoms with van der Waals surface area (Å²) in [5, 5.41) is 35.7. The van der Waals surface area contributed by atoms with Crippen molar-refractivity contribution in [2.75, 3.05) is 14.2 Å². The molecular weight excluding hydrogens is 646 g/mol. The van der Waals surface area contributed by atoms with Gasteiger partial charge in [-0.3, -0.25) is 4.90 Å².